The molecule has 1 aliphatic rings. The van der Waals surface area contributed by atoms with Crippen molar-refractivity contribution in [2.45, 2.75) is 19.1 Å². The first-order chi connectivity index (χ1) is 11.5. The van der Waals surface area contributed by atoms with Crippen LogP contribution in [0.4, 0.5) is 4.39 Å². The quantitative estimate of drug-likeness (QED) is 0.785. The molecule has 0 bridgehead atoms. The lowest BCUT2D eigenvalue weighted by Crippen LogP contribution is -2.57. The van der Waals surface area contributed by atoms with E-state index in [9.17, 15) is 9.18 Å². The van der Waals surface area contributed by atoms with E-state index in [1.165, 1.54) is 24.1 Å². The molecule has 0 radical (unpaired) electrons. The van der Waals surface area contributed by atoms with Crippen LogP contribution in [0.2, 0.25) is 5.02 Å². The Hall–Kier alpha value is -1.47. The van der Waals surface area contributed by atoms with Crippen LogP contribution >= 0.6 is 27.5 Å². The number of carbonyl (C=O) groups excluding carboxylic acids is 1. The molecule has 0 saturated carbocycles. The fourth-order valence-electron chi connectivity index (χ4n) is 2.74. The Bertz CT molecular complexity index is 756. The minimum absolute atomic E-state index is 0.0579. The van der Waals surface area contributed by atoms with E-state index in [2.05, 4.69) is 26.7 Å². The fraction of sp³-hybridized carbons (Fsp3) is 0.235. The van der Waals surface area contributed by atoms with Gasteiger partial charge >= 0.3 is 0 Å². The van der Waals surface area contributed by atoms with Crippen molar-refractivity contribution in [2.75, 3.05) is 6.54 Å². The molecule has 0 aliphatic carbocycles. The number of benzene rings is 2. The molecule has 1 amide bonds. The van der Waals surface area contributed by atoms with Crippen LogP contribution in [0.1, 0.15) is 30.3 Å². The van der Waals surface area contributed by atoms with Crippen molar-refractivity contribution in [3.8, 4) is 0 Å². The Morgan fingerprint density at radius 1 is 1.29 bits per heavy atom. The number of nitrogens with one attached hydrogen (secondary N) is 2. The standard InChI is InChI=1S/C17H16BrClFN3O/c1-10(24)23-17(14-7-6-13(20)8-15(14)19)21-9-16(22-23)11-2-4-12(18)5-3-11/h2-8,16-17,21-22H,9H2,1H3. The molecule has 24 heavy (non-hydrogen) atoms. The minimum Gasteiger partial charge on any atom is -0.290 e. The van der Waals surface area contributed by atoms with Crippen molar-refractivity contribution in [1.82, 2.24) is 15.8 Å². The van der Waals surface area contributed by atoms with Crippen molar-refractivity contribution in [1.29, 1.82) is 0 Å². The van der Waals surface area contributed by atoms with Crippen molar-refractivity contribution in [3.63, 3.8) is 0 Å². The van der Waals surface area contributed by atoms with Gasteiger partial charge in [-0.3, -0.25) is 15.1 Å². The summed E-state index contributed by atoms with van der Waals surface area (Å²) in [5.74, 6) is -0.565. The number of nitrogens with zero attached hydrogens (tertiary/aromatic N) is 1. The molecule has 1 heterocycles. The van der Waals surface area contributed by atoms with Crippen LogP contribution in [-0.2, 0) is 4.79 Å². The molecule has 2 unspecified atom stereocenters. The summed E-state index contributed by atoms with van der Waals surface area (Å²) < 4.78 is 14.3. The van der Waals surface area contributed by atoms with E-state index < -0.39 is 12.0 Å². The smallest absolute Gasteiger partial charge is 0.235 e. The first-order valence-corrected chi connectivity index (χ1v) is 8.62. The molecule has 2 atom stereocenters. The predicted octanol–water partition coefficient (Wildman–Crippen LogP) is 3.94. The molecule has 0 spiro atoms. The molecule has 4 nitrogen and oxygen atoms in total. The zero-order valence-corrected chi connectivity index (χ0v) is 15.2. The zero-order valence-electron chi connectivity index (χ0n) is 12.9. The largest absolute Gasteiger partial charge is 0.290 e. The minimum atomic E-state index is -0.456. The molecule has 126 valence electrons. The Morgan fingerprint density at radius 3 is 2.62 bits per heavy atom. The molecule has 2 aromatic carbocycles. The van der Waals surface area contributed by atoms with Gasteiger partial charge in [-0.1, -0.05) is 45.7 Å². The van der Waals surface area contributed by atoms with Gasteiger partial charge in [0.05, 0.1) is 11.1 Å². The maximum atomic E-state index is 13.3. The van der Waals surface area contributed by atoms with Crippen molar-refractivity contribution in [2.24, 2.45) is 0 Å². The van der Waals surface area contributed by atoms with Crippen LogP contribution < -0.4 is 10.7 Å². The van der Waals surface area contributed by atoms with E-state index in [0.29, 0.717) is 12.1 Å². The SMILES string of the molecule is CC(=O)N1NC(c2ccc(Br)cc2)CNC1c1ccc(F)cc1Cl. The number of halogens is 3. The molecular weight excluding hydrogens is 397 g/mol. The highest BCUT2D eigenvalue weighted by Gasteiger charge is 2.32. The fourth-order valence-corrected chi connectivity index (χ4v) is 3.28. The van der Waals surface area contributed by atoms with E-state index in [4.69, 9.17) is 11.6 Å². The zero-order chi connectivity index (χ0) is 17.3. The third kappa shape index (κ3) is 3.62. The second-order valence-corrected chi connectivity index (χ2v) is 6.92. The van der Waals surface area contributed by atoms with Crippen LogP contribution in [0, 0.1) is 5.82 Å². The first-order valence-electron chi connectivity index (χ1n) is 7.45. The summed E-state index contributed by atoms with van der Waals surface area (Å²) in [4.78, 5) is 12.1. The highest BCUT2D eigenvalue weighted by Crippen LogP contribution is 2.30. The Morgan fingerprint density at radius 2 is 2.00 bits per heavy atom. The van der Waals surface area contributed by atoms with Gasteiger partial charge in [0.15, 0.2) is 0 Å². The van der Waals surface area contributed by atoms with Gasteiger partial charge in [0.25, 0.3) is 0 Å². The Kier molecular flexibility index (Phi) is 5.20. The van der Waals surface area contributed by atoms with Crippen molar-refractivity contribution < 1.29 is 9.18 Å². The van der Waals surface area contributed by atoms with Gasteiger partial charge in [-0.25, -0.2) is 9.82 Å². The van der Waals surface area contributed by atoms with Crippen molar-refractivity contribution in [3.05, 3.63) is 68.9 Å². The molecule has 0 aromatic heterocycles. The van der Waals surface area contributed by atoms with Crippen LogP contribution in [0.5, 0.6) is 0 Å². The second-order valence-electron chi connectivity index (χ2n) is 5.60. The van der Waals surface area contributed by atoms with E-state index in [0.717, 1.165) is 10.0 Å². The van der Waals surface area contributed by atoms with Gasteiger partial charge < -0.3 is 0 Å². The molecule has 7 heteroatoms. The first kappa shape index (κ1) is 17.4. The lowest BCUT2D eigenvalue weighted by Gasteiger charge is -2.41. The number of amides is 1. The summed E-state index contributed by atoms with van der Waals surface area (Å²) in [5.41, 5.74) is 4.94. The van der Waals surface area contributed by atoms with E-state index in [-0.39, 0.29) is 17.0 Å². The van der Waals surface area contributed by atoms with Crippen LogP contribution in [0.3, 0.4) is 0 Å². The number of hydrazine groups is 1. The summed E-state index contributed by atoms with van der Waals surface area (Å²) in [5, 5.41) is 5.09. The topological polar surface area (TPSA) is 44.4 Å². The van der Waals surface area contributed by atoms with Crippen molar-refractivity contribution >= 4 is 33.4 Å². The summed E-state index contributed by atoms with van der Waals surface area (Å²) in [6, 6.07) is 12.0. The van der Waals surface area contributed by atoms with Crippen LogP contribution in [0.25, 0.3) is 0 Å². The highest BCUT2D eigenvalue weighted by molar-refractivity contribution is 9.10. The number of carbonyl (C=O) groups is 1. The number of rotatable bonds is 2. The summed E-state index contributed by atoms with van der Waals surface area (Å²) >= 11 is 9.57. The van der Waals surface area contributed by atoms with Gasteiger partial charge in [-0.2, -0.15) is 0 Å². The van der Waals surface area contributed by atoms with Gasteiger partial charge in [-0.15, -0.1) is 0 Å². The average molecular weight is 413 g/mol. The molecule has 1 fully saturated rings. The molecule has 2 aromatic rings. The molecule has 3 rings (SSSR count). The maximum Gasteiger partial charge on any atom is 0.235 e. The molecular formula is C17H16BrClFN3O. The normalized spacial score (nSPS) is 20.9. The summed E-state index contributed by atoms with van der Waals surface area (Å²) in [7, 11) is 0. The van der Waals surface area contributed by atoms with E-state index in [1.807, 2.05) is 24.3 Å². The van der Waals surface area contributed by atoms with Gasteiger partial charge in [0.2, 0.25) is 5.91 Å². The van der Waals surface area contributed by atoms with E-state index >= 15 is 0 Å². The van der Waals surface area contributed by atoms with Gasteiger partial charge in [0.1, 0.15) is 12.0 Å². The highest BCUT2D eigenvalue weighted by atomic mass is 79.9. The van der Waals surface area contributed by atoms with Crippen LogP contribution in [0.15, 0.2) is 46.9 Å². The lowest BCUT2D eigenvalue weighted by molar-refractivity contribution is -0.139. The Balaban J connectivity index is 1.86. The van der Waals surface area contributed by atoms with Gasteiger partial charge in [0, 0.05) is 23.5 Å². The summed E-state index contributed by atoms with van der Waals surface area (Å²) in [6.07, 6.45) is -0.456. The third-order valence-electron chi connectivity index (χ3n) is 3.94. The molecule has 1 saturated heterocycles. The third-order valence-corrected chi connectivity index (χ3v) is 4.79. The monoisotopic (exact) mass is 411 g/mol. The second kappa shape index (κ2) is 7.19. The lowest BCUT2D eigenvalue weighted by atomic mass is 10.0. The van der Waals surface area contributed by atoms with Crippen LogP contribution in [-0.4, -0.2) is 17.5 Å². The predicted molar refractivity (Wildman–Crippen MR) is 94.7 cm³/mol. The number of hydrogen-bond acceptors (Lipinski definition) is 3. The molecule has 1 aliphatic heterocycles. The van der Waals surface area contributed by atoms with E-state index in [1.54, 1.807) is 6.07 Å². The molecule has 2 N–H and O–H groups in total. The maximum absolute atomic E-state index is 13.3. The Labute approximate surface area is 153 Å². The average Bonchev–Trinajstić information content (AvgIpc) is 2.55. The van der Waals surface area contributed by atoms with Gasteiger partial charge in [-0.05, 0) is 29.8 Å². The number of hydrogen-bond donors (Lipinski definition) is 2. The summed E-state index contributed by atoms with van der Waals surface area (Å²) in [6.45, 7) is 2.08.